The number of carbonyl (C=O) groups is 2. The fraction of sp³-hybridized carbons (Fsp3) is 0.571. The molecular formula is C14H25NO3. The molecule has 4 nitrogen and oxygen atoms in total. The molecule has 0 spiro atoms. The summed E-state index contributed by atoms with van der Waals surface area (Å²) in [6.45, 7) is 10.8. The van der Waals surface area contributed by atoms with Crippen molar-refractivity contribution in [2.45, 2.75) is 53.0 Å². The van der Waals surface area contributed by atoms with Gasteiger partial charge in [-0.2, -0.15) is 0 Å². The van der Waals surface area contributed by atoms with Gasteiger partial charge in [-0.05, 0) is 33.3 Å². The predicted molar refractivity (Wildman–Crippen MR) is 74.4 cm³/mol. The van der Waals surface area contributed by atoms with Gasteiger partial charge in [0.25, 0.3) is 0 Å². The third-order valence-corrected chi connectivity index (χ3v) is 1.96. The Morgan fingerprint density at radius 3 is 2.22 bits per heavy atom. The summed E-state index contributed by atoms with van der Waals surface area (Å²) < 4.78 is 0. The summed E-state index contributed by atoms with van der Waals surface area (Å²) in [5.41, 5.74) is 0.452. The first kappa shape index (κ1) is 18.8. The normalized spacial score (nSPS) is 10.4. The molecule has 0 fully saturated rings. The zero-order valence-electron chi connectivity index (χ0n) is 11.8. The molecular weight excluding hydrogens is 230 g/mol. The molecule has 0 rings (SSSR count). The van der Waals surface area contributed by atoms with Crippen molar-refractivity contribution >= 4 is 11.9 Å². The minimum Gasteiger partial charge on any atom is -0.478 e. The van der Waals surface area contributed by atoms with E-state index in [0.29, 0.717) is 5.57 Å². The summed E-state index contributed by atoms with van der Waals surface area (Å²) in [5.74, 6) is -0.920. The molecule has 0 aromatic heterocycles. The quantitative estimate of drug-likeness (QED) is 0.566. The zero-order chi connectivity index (χ0) is 14.6. The van der Waals surface area contributed by atoms with Gasteiger partial charge in [-0.25, -0.2) is 4.79 Å². The van der Waals surface area contributed by atoms with Gasteiger partial charge in [0.15, 0.2) is 0 Å². The Hall–Kier alpha value is -1.58. The topological polar surface area (TPSA) is 66.4 Å². The fourth-order valence-electron chi connectivity index (χ4n) is 0.953. The van der Waals surface area contributed by atoms with E-state index in [1.54, 1.807) is 13.0 Å². The Kier molecular flexibility index (Phi) is 12.4. The lowest BCUT2D eigenvalue weighted by Crippen LogP contribution is -2.27. The molecule has 0 radical (unpaired) electrons. The van der Waals surface area contributed by atoms with Crippen LogP contribution in [0.3, 0.4) is 0 Å². The Morgan fingerprint density at radius 1 is 1.39 bits per heavy atom. The average molecular weight is 255 g/mol. The molecule has 1 amide bonds. The van der Waals surface area contributed by atoms with Crippen LogP contribution in [-0.2, 0) is 9.59 Å². The van der Waals surface area contributed by atoms with Crippen LogP contribution in [0.4, 0.5) is 0 Å². The van der Waals surface area contributed by atoms with Crippen LogP contribution < -0.4 is 5.32 Å². The first-order valence-electron chi connectivity index (χ1n) is 6.18. The van der Waals surface area contributed by atoms with E-state index in [0.717, 1.165) is 19.3 Å². The van der Waals surface area contributed by atoms with Gasteiger partial charge in [0.2, 0.25) is 5.91 Å². The van der Waals surface area contributed by atoms with Crippen molar-refractivity contribution in [1.82, 2.24) is 5.32 Å². The maximum absolute atomic E-state index is 10.4. The lowest BCUT2D eigenvalue weighted by molar-refractivity contribution is -0.132. The number of hydrogen-bond acceptors (Lipinski definition) is 2. The van der Waals surface area contributed by atoms with Crippen molar-refractivity contribution in [3.63, 3.8) is 0 Å². The standard InChI is InChI=1S/C8H14O2.C6H11NO/c1-3-4-5-6-7(2)8(9)10;1-4-6(8)7-5(2)3/h6H,3-5H2,1-2H3,(H,9,10);4-5H,1H2,2-3H3,(H,7,8). The number of rotatable bonds is 6. The van der Waals surface area contributed by atoms with Crippen molar-refractivity contribution in [2.75, 3.05) is 0 Å². The van der Waals surface area contributed by atoms with E-state index < -0.39 is 5.97 Å². The molecule has 0 unspecified atom stereocenters. The average Bonchev–Trinajstić information content (AvgIpc) is 2.29. The number of amides is 1. The van der Waals surface area contributed by atoms with Gasteiger partial charge in [0.05, 0.1) is 0 Å². The smallest absolute Gasteiger partial charge is 0.330 e. The number of unbranched alkanes of at least 4 members (excludes halogenated alkanes) is 2. The molecule has 0 bridgehead atoms. The van der Waals surface area contributed by atoms with Crippen molar-refractivity contribution in [3.8, 4) is 0 Å². The molecule has 2 N–H and O–H groups in total. The number of carboxylic acid groups (broad SMARTS) is 1. The lowest BCUT2D eigenvalue weighted by atomic mass is 10.2. The predicted octanol–water partition coefficient (Wildman–Crippen LogP) is 2.90. The summed E-state index contributed by atoms with van der Waals surface area (Å²) in [5, 5.41) is 11.0. The molecule has 0 aliphatic carbocycles. The summed E-state index contributed by atoms with van der Waals surface area (Å²) in [7, 11) is 0. The van der Waals surface area contributed by atoms with E-state index in [1.807, 2.05) is 13.8 Å². The van der Waals surface area contributed by atoms with Gasteiger partial charge in [-0.15, -0.1) is 0 Å². The molecule has 0 aliphatic heterocycles. The minimum atomic E-state index is -0.809. The second-order valence-corrected chi connectivity index (χ2v) is 4.20. The maximum atomic E-state index is 10.4. The SMILES string of the molecule is C=CC(=O)NC(C)C.CCCCC=C(C)C(=O)O. The Morgan fingerprint density at radius 2 is 1.94 bits per heavy atom. The molecule has 0 aliphatic rings. The Balaban J connectivity index is 0. The largest absolute Gasteiger partial charge is 0.478 e. The fourth-order valence-corrected chi connectivity index (χ4v) is 0.953. The van der Waals surface area contributed by atoms with E-state index >= 15 is 0 Å². The molecule has 0 aromatic carbocycles. The van der Waals surface area contributed by atoms with Crippen molar-refractivity contribution in [1.29, 1.82) is 0 Å². The molecule has 4 heteroatoms. The highest BCUT2D eigenvalue weighted by molar-refractivity contribution is 5.87. The number of hydrogen-bond donors (Lipinski definition) is 2. The molecule has 0 heterocycles. The van der Waals surface area contributed by atoms with Gasteiger partial charge in [-0.3, -0.25) is 4.79 Å². The Labute approximate surface area is 110 Å². The third-order valence-electron chi connectivity index (χ3n) is 1.96. The summed E-state index contributed by atoms with van der Waals surface area (Å²) in [6, 6.07) is 0.209. The van der Waals surface area contributed by atoms with Crippen LogP contribution in [0.15, 0.2) is 24.3 Å². The van der Waals surface area contributed by atoms with Gasteiger partial charge in [-0.1, -0.05) is 32.4 Å². The van der Waals surface area contributed by atoms with E-state index in [2.05, 4.69) is 18.8 Å². The number of carboxylic acids is 1. The monoisotopic (exact) mass is 255 g/mol. The lowest BCUT2D eigenvalue weighted by Gasteiger charge is -2.02. The molecule has 0 aromatic rings. The number of allylic oxidation sites excluding steroid dienone is 1. The van der Waals surface area contributed by atoms with Crippen LogP contribution in [0.25, 0.3) is 0 Å². The number of nitrogens with one attached hydrogen (secondary N) is 1. The summed E-state index contributed by atoms with van der Waals surface area (Å²) in [6.07, 6.45) is 6.11. The minimum absolute atomic E-state index is 0.111. The molecule has 0 saturated heterocycles. The number of carbonyl (C=O) groups excluding carboxylic acids is 1. The van der Waals surface area contributed by atoms with Crippen LogP contribution in [0.1, 0.15) is 47.0 Å². The maximum Gasteiger partial charge on any atom is 0.330 e. The second kappa shape index (κ2) is 11.9. The highest BCUT2D eigenvalue weighted by Gasteiger charge is 1.96. The highest BCUT2D eigenvalue weighted by Crippen LogP contribution is 2.00. The van der Waals surface area contributed by atoms with E-state index in [1.165, 1.54) is 6.08 Å². The Bertz CT molecular complexity index is 293. The van der Waals surface area contributed by atoms with Gasteiger partial charge < -0.3 is 10.4 Å². The number of aliphatic carboxylic acids is 1. The summed E-state index contributed by atoms with van der Waals surface area (Å²) >= 11 is 0. The third kappa shape index (κ3) is 14.4. The van der Waals surface area contributed by atoms with E-state index in [9.17, 15) is 9.59 Å². The highest BCUT2D eigenvalue weighted by atomic mass is 16.4. The van der Waals surface area contributed by atoms with Crippen molar-refractivity contribution in [2.24, 2.45) is 0 Å². The molecule has 0 atom stereocenters. The van der Waals surface area contributed by atoms with Crippen LogP contribution in [-0.4, -0.2) is 23.0 Å². The molecule has 0 saturated carbocycles. The van der Waals surface area contributed by atoms with Crippen LogP contribution in [0.5, 0.6) is 0 Å². The molecule has 104 valence electrons. The van der Waals surface area contributed by atoms with Crippen LogP contribution >= 0.6 is 0 Å². The van der Waals surface area contributed by atoms with E-state index in [4.69, 9.17) is 5.11 Å². The van der Waals surface area contributed by atoms with E-state index in [-0.39, 0.29) is 11.9 Å². The van der Waals surface area contributed by atoms with Crippen molar-refractivity contribution < 1.29 is 14.7 Å². The first-order chi connectivity index (χ1) is 8.34. The van der Waals surface area contributed by atoms with Crippen molar-refractivity contribution in [3.05, 3.63) is 24.3 Å². The van der Waals surface area contributed by atoms with Gasteiger partial charge in [0, 0.05) is 11.6 Å². The first-order valence-corrected chi connectivity index (χ1v) is 6.18. The van der Waals surface area contributed by atoms with Gasteiger partial charge in [0.1, 0.15) is 0 Å². The zero-order valence-corrected chi connectivity index (χ0v) is 11.8. The van der Waals surface area contributed by atoms with Gasteiger partial charge >= 0.3 is 5.97 Å². The summed E-state index contributed by atoms with van der Waals surface area (Å²) in [4.78, 5) is 20.6. The van der Waals surface area contributed by atoms with Crippen LogP contribution in [0, 0.1) is 0 Å². The molecule has 18 heavy (non-hydrogen) atoms. The second-order valence-electron chi connectivity index (χ2n) is 4.20. The van der Waals surface area contributed by atoms with Crippen LogP contribution in [0.2, 0.25) is 0 Å².